The van der Waals surface area contributed by atoms with Gasteiger partial charge >= 0.3 is 12.0 Å². The molecule has 5 nitrogen and oxygen atoms in total. The minimum atomic E-state index is -1.01. The highest BCUT2D eigenvalue weighted by molar-refractivity contribution is 6.30. The number of aliphatic carboxylic acids is 1. The van der Waals surface area contributed by atoms with Gasteiger partial charge in [0.2, 0.25) is 0 Å². The van der Waals surface area contributed by atoms with Crippen molar-refractivity contribution in [2.75, 3.05) is 11.9 Å². The lowest BCUT2D eigenvalue weighted by atomic mass is 9.94. The number of hydrogen-bond donors (Lipinski definition) is 3. The van der Waals surface area contributed by atoms with E-state index in [1.165, 1.54) is 13.8 Å². The standard InChI is InChI=1S/C12H15ClN2O3/c1-12(2,10(16)17)7-14-11(18)15-9-5-3-4-8(13)6-9/h3-6H,7H2,1-2H3,(H,16,17)(H2,14,15,18). The van der Waals surface area contributed by atoms with Crippen LogP contribution in [-0.4, -0.2) is 23.7 Å². The van der Waals surface area contributed by atoms with Crippen LogP contribution < -0.4 is 10.6 Å². The van der Waals surface area contributed by atoms with Crippen LogP contribution in [0.25, 0.3) is 0 Å². The van der Waals surface area contributed by atoms with Crippen molar-refractivity contribution in [3.63, 3.8) is 0 Å². The summed E-state index contributed by atoms with van der Waals surface area (Å²) in [6.07, 6.45) is 0. The predicted molar refractivity (Wildman–Crippen MR) is 69.9 cm³/mol. The van der Waals surface area contributed by atoms with Crippen molar-refractivity contribution in [3.8, 4) is 0 Å². The van der Waals surface area contributed by atoms with E-state index in [4.69, 9.17) is 16.7 Å². The van der Waals surface area contributed by atoms with Crippen molar-refractivity contribution in [2.45, 2.75) is 13.8 Å². The van der Waals surface area contributed by atoms with Gasteiger partial charge in [-0.2, -0.15) is 0 Å². The Morgan fingerprint density at radius 2 is 2.06 bits per heavy atom. The van der Waals surface area contributed by atoms with E-state index >= 15 is 0 Å². The monoisotopic (exact) mass is 270 g/mol. The summed E-state index contributed by atoms with van der Waals surface area (Å²) in [6.45, 7) is 3.11. The number of benzene rings is 1. The van der Waals surface area contributed by atoms with Gasteiger partial charge in [0.15, 0.2) is 0 Å². The van der Waals surface area contributed by atoms with Crippen LogP contribution in [0.15, 0.2) is 24.3 Å². The van der Waals surface area contributed by atoms with Crippen LogP contribution in [0.1, 0.15) is 13.8 Å². The van der Waals surface area contributed by atoms with Gasteiger partial charge in [-0.05, 0) is 32.0 Å². The summed E-state index contributed by atoms with van der Waals surface area (Å²) in [4.78, 5) is 22.4. The number of rotatable bonds is 4. The number of nitrogens with one attached hydrogen (secondary N) is 2. The Bertz CT molecular complexity index is 460. The molecule has 1 aromatic rings. The van der Waals surface area contributed by atoms with E-state index < -0.39 is 17.4 Å². The van der Waals surface area contributed by atoms with E-state index in [-0.39, 0.29) is 6.54 Å². The van der Waals surface area contributed by atoms with Crippen LogP contribution >= 0.6 is 11.6 Å². The third kappa shape index (κ3) is 4.25. The third-order valence-corrected chi connectivity index (χ3v) is 2.59. The number of carbonyl (C=O) groups excluding carboxylic acids is 1. The zero-order chi connectivity index (χ0) is 13.8. The lowest BCUT2D eigenvalue weighted by Gasteiger charge is -2.19. The topological polar surface area (TPSA) is 78.4 Å². The average Bonchev–Trinajstić information content (AvgIpc) is 2.26. The minimum Gasteiger partial charge on any atom is -0.481 e. The van der Waals surface area contributed by atoms with Crippen molar-refractivity contribution in [1.82, 2.24) is 5.32 Å². The van der Waals surface area contributed by atoms with Gasteiger partial charge in [0.1, 0.15) is 0 Å². The molecule has 0 aliphatic heterocycles. The van der Waals surface area contributed by atoms with Crippen LogP contribution in [0.5, 0.6) is 0 Å². The Morgan fingerprint density at radius 3 is 2.61 bits per heavy atom. The second-order valence-electron chi connectivity index (χ2n) is 4.51. The summed E-state index contributed by atoms with van der Waals surface area (Å²) < 4.78 is 0. The third-order valence-electron chi connectivity index (χ3n) is 2.35. The number of carboxylic acids is 1. The largest absolute Gasteiger partial charge is 0.481 e. The van der Waals surface area contributed by atoms with Crippen LogP contribution in [-0.2, 0) is 4.79 Å². The summed E-state index contributed by atoms with van der Waals surface area (Å²) >= 11 is 5.77. The van der Waals surface area contributed by atoms with E-state index in [9.17, 15) is 9.59 Å². The van der Waals surface area contributed by atoms with Gasteiger partial charge in [-0.15, -0.1) is 0 Å². The molecule has 0 heterocycles. The highest BCUT2D eigenvalue weighted by atomic mass is 35.5. The Kier molecular flexibility index (Phi) is 4.55. The van der Waals surface area contributed by atoms with Crippen LogP contribution in [0.3, 0.4) is 0 Å². The van der Waals surface area contributed by atoms with Crippen molar-refractivity contribution in [2.24, 2.45) is 5.41 Å². The second kappa shape index (κ2) is 5.73. The summed E-state index contributed by atoms with van der Waals surface area (Å²) in [7, 11) is 0. The van der Waals surface area contributed by atoms with Gasteiger partial charge in [-0.25, -0.2) is 4.79 Å². The molecule has 1 aromatic carbocycles. The van der Waals surface area contributed by atoms with Gasteiger partial charge in [0, 0.05) is 17.3 Å². The molecule has 0 aromatic heterocycles. The highest BCUT2D eigenvalue weighted by Gasteiger charge is 2.27. The van der Waals surface area contributed by atoms with Crippen molar-refractivity contribution < 1.29 is 14.7 Å². The molecule has 0 fully saturated rings. The molecule has 2 amide bonds. The Hall–Kier alpha value is -1.75. The predicted octanol–water partition coefficient (Wildman–Crippen LogP) is 2.57. The summed E-state index contributed by atoms with van der Waals surface area (Å²) in [5, 5.41) is 14.5. The molecule has 1 rings (SSSR count). The molecular weight excluding hydrogens is 256 g/mol. The summed E-state index contributed by atoms with van der Waals surface area (Å²) in [6, 6.07) is 6.22. The van der Waals surface area contributed by atoms with Crippen molar-refractivity contribution in [3.05, 3.63) is 29.3 Å². The fourth-order valence-corrected chi connectivity index (χ4v) is 1.31. The van der Waals surface area contributed by atoms with E-state index in [0.717, 1.165) is 0 Å². The molecule has 0 atom stereocenters. The quantitative estimate of drug-likeness (QED) is 0.787. The number of hydrogen-bond acceptors (Lipinski definition) is 2. The smallest absolute Gasteiger partial charge is 0.319 e. The van der Waals surface area contributed by atoms with Crippen LogP contribution in [0, 0.1) is 5.41 Å². The first-order valence-electron chi connectivity index (χ1n) is 5.35. The SMILES string of the molecule is CC(C)(CNC(=O)Nc1cccc(Cl)c1)C(=O)O. The highest BCUT2D eigenvalue weighted by Crippen LogP contribution is 2.15. The molecule has 6 heteroatoms. The molecular formula is C12H15ClN2O3. The summed E-state index contributed by atoms with van der Waals surface area (Å²) in [5.41, 5.74) is -0.459. The molecule has 0 aliphatic rings. The van der Waals surface area contributed by atoms with Crippen LogP contribution in [0.2, 0.25) is 5.02 Å². The fraction of sp³-hybridized carbons (Fsp3) is 0.333. The maximum atomic E-state index is 11.5. The molecule has 0 saturated carbocycles. The van der Waals surface area contributed by atoms with Crippen molar-refractivity contribution in [1.29, 1.82) is 0 Å². The van der Waals surface area contributed by atoms with Gasteiger partial charge < -0.3 is 15.7 Å². The normalized spacial score (nSPS) is 10.8. The van der Waals surface area contributed by atoms with E-state index in [2.05, 4.69) is 10.6 Å². The Balaban J connectivity index is 2.50. The number of carboxylic acid groups (broad SMARTS) is 1. The van der Waals surface area contributed by atoms with E-state index in [0.29, 0.717) is 10.7 Å². The maximum Gasteiger partial charge on any atom is 0.319 e. The number of urea groups is 1. The van der Waals surface area contributed by atoms with Gasteiger partial charge in [-0.3, -0.25) is 4.79 Å². The van der Waals surface area contributed by atoms with E-state index in [1.807, 2.05) is 0 Å². The lowest BCUT2D eigenvalue weighted by Crippen LogP contribution is -2.40. The first kappa shape index (κ1) is 14.3. The molecule has 3 N–H and O–H groups in total. The van der Waals surface area contributed by atoms with Gasteiger partial charge in [0.25, 0.3) is 0 Å². The Labute approximate surface area is 110 Å². The fourth-order valence-electron chi connectivity index (χ4n) is 1.12. The molecule has 0 spiro atoms. The van der Waals surface area contributed by atoms with E-state index in [1.54, 1.807) is 24.3 Å². The zero-order valence-electron chi connectivity index (χ0n) is 10.2. The molecule has 0 aliphatic carbocycles. The molecule has 18 heavy (non-hydrogen) atoms. The molecule has 0 radical (unpaired) electrons. The lowest BCUT2D eigenvalue weighted by molar-refractivity contribution is -0.146. The molecule has 0 unspecified atom stereocenters. The first-order valence-corrected chi connectivity index (χ1v) is 5.73. The number of anilines is 1. The number of carbonyl (C=O) groups is 2. The zero-order valence-corrected chi connectivity index (χ0v) is 10.9. The molecule has 0 saturated heterocycles. The van der Waals surface area contributed by atoms with Gasteiger partial charge in [-0.1, -0.05) is 17.7 Å². The number of amides is 2. The summed E-state index contributed by atoms with van der Waals surface area (Å²) in [5.74, 6) is -0.967. The van der Waals surface area contributed by atoms with Gasteiger partial charge in [0.05, 0.1) is 5.41 Å². The molecule has 98 valence electrons. The van der Waals surface area contributed by atoms with Crippen molar-refractivity contribution >= 4 is 29.3 Å². The van der Waals surface area contributed by atoms with Crippen LogP contribution in [0.4, 0.5) is 10.5 Å². The maximum absolute atomic E-state index is 11.5. The second-order valence-corrected chi connectivity index (χ2v) is 4.94. The minimum absolute atomic E-state index is 0.0364. The first-order chi connectivity index (χ1) is 8.31. The average molecular weight is 271 g/mol. The Morgan fingerprint density at radius 1 is 1.39 bits per heavy atom. The number of halogens is 1. The molecule has 0 bridgehead atoms.